The zero-order chi connectivity index (χ0) is 23.1. The Morgan fingerprint density at radius 2 is 1.27 bits per heavy atom. The fourth-order valence-electron chi connectivity index (χ4n) is 2.92. The lowest BCUT2D eigenvalue weighted by molar-refractivity contribution is -0.679. The average Bonchev–Trinajstić information content (AvgIpc) is 3.17. The van der Waals surface area contributed by atoms with Crippen LogP contribution in [0.25, 0.3) is 6.08 Å². The summed E-state index contributed by atoms with van der Waals surface area (Å²) in [5.41, 5.74) is 4.37. The molecular formula is C25H32ClN7. The van der Waals surface area contributed by atoms with Crippen molar-refractivity contribution in [2.45, 2.75) is 0 Å². The van der Waals surface area contributed by atoms with Gasteiger partial charge in [0, 0.05) is 65.9 Å². The highest BCUT2D eigenvalue weighted by molar-refractivity contribution is 5.80. The van der Waals surface area contributed by atoms with Gasteiger partial charge in [-0.25, -0.2) is 0 Å². The van der Waals surface area contributed by atoms with Crippen LogP contribution in [-0.2, 0) is 0 Å². The lowest BCUT2D eigenvalue weighted by Gasteiger charge is -2.11. The highest BCUT2D eigenvalue weighted by atomic mass is 35.5. The van der Waals surface area contributed by atoms with E-state index in [1.807, 2.05) is 93.6 Å². The molecule has 0 unspecified atom stereocenters. The monoisotopic (exact) mass is 465 g/mol. The molecule has 0 aliphatic heterocycles. The summed E-state index contributed by atoms with van der Waals surface area (Å²) in [4.78, 5) is 6.13. The van der Waals surface area contributed by atoms with Crippen molar-refractivity contribution in [3.63, 3.8) is 0 Å². The van der Waals surface area contributed by atoms with Crippen molar-refractivity contribution in [1.29, 1.82) is 0 Å². The van der Waals surface area contributed by atoms with Gasteiger partial charge in [-0.05, 0) is 35.4 Å². The molecule has 2 aromatic carbocycles. The molecule has 8 heteroatoms. The molecule has 0 fully saturated rings. The maximum Gasteiger partial charge on any atom is 0.334 e. The Hall–Kier alpha value is -3.58. The fourth-order valence-corrected chi connectivity index (χ4v) is 2.92. The van der Waals surface area contributed by atoms with Gasteiger partial charge in [-0.15, -0.1) is 0 Å². The van der Waals surface area contributed by atoms with Gasteiger partial charge in [-0.3, -0.25) is 0 Å². The molecule has 1 aromatic heterocycles. The van der Waals surface area contributed by atoms with Crippen molar-refractivity contribution in [2.75, 3.05) is 52.1 Å². The van der Waals surface area contributed by atoms with Crippen LogP contribution in [0, 0.1) is 0 Å². The van der Waals surface area contributed by atoms with Gasteiger partial charge in [-0.2, -0.15) is 0 Å². The van der Waals surface area contributed by atoms with Crippen LogP contribution in [0.3, 0.4) is 0 Å². The Kier molecular flexibility index (Phi) is 9.24. The zero-order valence-electron chi connectivity index (χ0n) is 20.1. The van der Waals surface area contributed by atoms with Crippen LogP contribution in [0.15, 0.2) is 77.3 Å². The van der Waals surface area contributed by atoms with Gasteiger partial charge in [0.25, 0.3) is 0 Å². The van der Waals surface area contributed by atoms with E-state index in [9.17, 15) is 0 Å². The number of aromatic nitrogens is 2. The second kappa shape index (κ2) is 11.9. The van der Waals surface area contributed by atoms with Crippen molar-refractivity contribution in [2.24, 2.45) is 10.2 Å². The fraction of sp³-hybridized carbons (Fsp3) is 0.240. The number of rotatable bonds is 8. The highest BCUT2D eigenvalue weighted by Crippen LogP contribution is 2.12. The zero-order valence-corrected chi connectivity index (χ0v) is 20.8. The smallest absolute Gasteiger partial charge is 0.334 e. The van der Waals surface area contributed by atoms with Crippen molar-refractivity contribution in [3.8, 4) is 0 Å². The number of hydrogen-bond donors (Lipinski definition) is 0. The molecule has 0 saturated carbocycles. The molecule has 33 heavy (non-hydrogen) atoms. The minimum absolute atomic E-state index is 0. The summed E-state index contributed by atoms with van der Waals surface area (Å²) in [6, 6.07) is 16.5. The second-order valence-corrected chi connectivity index (χ2v) is 8.09. The molecule has 0 amide bonds. The molecule has 7 nitrogen and oxygen atoms in total. The summed E-state index contributed by atoms with van der Waals surface area (Å²) in [5, 5.41) is 9.29. The van der Waals surface area contributed by atoms with E-state index in [0.29, 0.717) is 0 Å². The van der Waals surface area contributed by atoms with E-state index in [0.717, 1.165) is 28.3 Å². The summed E-state index contributed by atoms with van der Waals surface area (Å²) in [6.45, 7) is 0. The third-order valence-electron chi connectivity index (χ3n) is 4.82. The first-order valence-corrected chi connectivity index (χ1v) is 10.4. The SMILES string of the molecule is CN(C)C=Cc1n(N=Cc2ccc(N(C)C)cc2)cc[n+]1N=Cc1ccc(N(C)C)cc1.[Cl-]. The van der Waals surface area contributed by atoms with Crippen molar-refractivity contribution in [3.05, 3.63) is 84.1 Å². The van der Waals surface area contributed by atoms with Gasteiger partial charge < -0.3 is 27.1 Å². The number of halogens is 1. The molecule has 3 aromatic rings. The van der Waals surface area contributed by atoms with Crippen LogP contribution in [-0.4, -0.2) is 64.3 Å². The van der Waals surface area contributed by atoms with Gasteiger partial charge in [0.05, 0.1) is 12.4 Å². The first-order chi connectivity index (χ1) is 15.3. The molecule has 0 saturated heterocycles. The Balaban J connectivity index is 0.00000385. The van der Waals surface area contributed by atoms with Crippen LogP contribution in [0.5, 0.6) is 0 Å². The predicted octanol–water partition coefficient (Wildman–Crippen LogP) is 0.208. The Bertz CT molecular complexity index is 1010. The lowest BCUT2D eigenvalue weighted by Crippen LogP contribution is -3.00. The van der Waals surface area contributed by atoms with Crippen molar-refractivity contribution in [1.82, 2.24) is 9.58 Å². The molecule has 0 aliphatic carbocycles. The van der Waals surface area contributed by atoms with Gasteiger partial charge in [0.2, 0.25) is 0 Å². The van der Waals surface area contributed by atoms with Crippen LogP contribution in [0.4, 0.5) is 11.4 Å². The topological polar surface area (TPSA) is 43.3 Å². The van der Waals surface area contributed by atoms with E-state index in [-0.39, 0.29) is 12.4 Å². The number of imidazole rings is 1. The number of nitrogens with zero attached hydrogens (tertiary/aromatic N) is 7. The molecule has 0 aliphatic rings. The van der Waals surface area contributed by atoms with E-state index >= 15 is 0 Å². The van der Waals surface area contributed by atoms with Crippen molar-refractivity contribution < 1.29 is 17.1 Å². The predicted molar refractivity (Wildman–Crippen MR) is 135 cm³/mol. The first-order valence-electron chi connectivity index (χ1n) is 10.4. The normalized spacial score (nSPS) is 11.3. The summed E-state index contributed by atoms with van der Waals surface area (Å²) < 4.78 is 3.62. The van der Waals surface area contributed by atoms with Crippen LogP contribution >= 0.6 is 0 Å². The molecule has 0 atom stereocenters. The molecule has 0 spiro atoms. The minimum atomic E-state index is 0. The summed E-state index contributed by atoms with van der Waals surface area (Å²) in [5.74, 6) is 0.834. The third-order valence-corrected chi connectivity index (χ3v) is 4.82. The molecule has 174 valence electrons. The number of anilines is 2. The summed E-state index contributed by atoms with van der Waals surface area (Å²) >= 11 is 0. The molecule has 3 rings (SSSR count). The lowest BCUT2D eigenvalue weighted by atomic mass is 10.2. The summed E-state index contributed by atoms with van der Waals surface area (Å²) in [7, 11) is 12.1. The quantitative estimate of drug-likeness (QED) is 0.353. The van der Waals surface area contributed by atoms with Gasteiger partial charge >= 0.3 is 5.82 Å². The maximum atomic E-state index is 4.64. The van der Waals surface area contributed by atoms with Gasteiger partial charge in [0.1, 0.15) is 0 Å². The van der Waals surface area contributed by atoms with E-state index in [2.05, 4.69) is 68.5 Å². The van der Waals surface area contributed by atoms with E-state index in [1.165, 1.54) is 0 Å². The minimum Gasteiger partial charge on any atom is -1.00 e. The number of hydrogen-bond acceptors (Lipinski definition) is 5. The van der Waals surface area contributed by atoms with Gasteiger partial charge in [0.15, 0.2) is 12.4 Å². The van der Waals surface area contributed by atoms with Crippen LogP contribution < -0.4 is 26.9 Å². The highest BCUT2D eigenvalue weighted by Gasteiger charge is 2.14. The van der Waals surface area contributed by atoms with Crippen molar-refractivity contribution >= 4 is 29.9 Å². The molecule has 0 bridgehead atoms. The molecule has 0 N–H and O–H groups in total. The molecule has 0 radical (unpaired) electrons. The Morgan fingerprint density at radius 3 is 1.76 bits per heavy atom. The van der Waals surface area contributed by atoms with E-state index in [4.69, 9.17) is 0 Å². The Morgan fingerprint density at radius 1 is 0.758 bits per heavy atom. The molecule has 1 heterocycles. The average molecular weight is 466 g/mol. The maximum absolute atomic E-state index is 4.64. The molecular weight excluding hydrogens is 434 g/mol. The third kappa shape index (κ3) is 7.22. The second-order valence-electron chi connectivity index (χ2n) is 8.09. The van der Waals surface area contributed by atoms with E-state index in [1.54, 1.807) is 0 Å². The standard InChI is InChI=1S/C25H32N7.ClH/c1-28(2)16-15-25-31(26-19-21-7-11-23(12-8-21)29(3)4)17-18-32(25)27-20-22-9-13-24(14-10-22)30(5)6;/h7-20H,1-6H3;1H/q+1;/p-1. The van der Waals surface area contributed by atoms with Crippen LogP contribution in [0.1, 0.15) is 17.0 Å². The Labute approximate surface area is 203 Å². The first kappa shape index (κ1) is 25.7. The number of benzene rings is 2. The van der Waals surface area contributed by atoms with Crippen LogP contribution in [0.2, 0.25) is 0 Å². The summed E-state index contributed by atoms with van der Waals surface area (Å²) in [6.07, 6.45) is 11.4. The van der Waals surface area contributed by atoms with Gasteiger partial charge in [-0.1, -0.05) is 43.8 Å². The van der Waals surface area contributed by atoms with E-state index < -0.39 is 0 Å². The largest absolute Gasteiger partial charge is 1.00 e.